The highest BCUT2D eigenvalue weighted by atomic mass is 16.5. The van der Waals surface area contributed by atoms with Gasteiger partial charge in [-0.15, -0.1) is 0 Å². The van der Waals surface area contributed by atoms with Gasteiger partial charge in [0.2, 0.25) is 5.91 Å². The summed E-state index contributed by atoms with van der Waals surface area (Å²) in [6.07, 6.45) is 3.85. The fraction of sp³-hybridized carbons (Fsp3) is 0.310. The fourth-order valence-electron chi connectivity index (χ4n) is 4.84. The minimum Gasteiger partial charge on any atom is -0.460 e. The van der Waals surface area contributed by atoms with Crippen molar-refractivity contribution in [2.75, 3.05) is 19.6 Å². The number of hydrogen-bond acceptors (Lipinski definition) is 4. The van der Waals surface area contributed by atoms with Crippen LogP contribution in [0.4, 0.5) is 0 Å². The molecule has 0 saturated carbocycles. The summed E-state index contributed by atoms with van der Waals surface area (Å²) >= 11 is 0. The average Bonchev–Trinajstić information content (AvgIpc) is 3.30. The topological polar surface area (TPSA) is 83.2 Å². The van der Waals surface area contributed by atoms with Gasteiger partial charge in [-0.1, -0.05) is 60.7 Å². The van der Waals surface area contributed by atoms with E-state index in [1.807, 2.05) is 42.6 Å². The Morgan fingerprint density at radius 1 is 0.971 bits per heavy atom. The van der Waals surface area contributed by atoms with E-state index in [1.165, 1.54) is 5.39 Å². The van der Waals surface area contributed by atoms with Gasteiger partial charge >= 0.3 is 5.97 Å². The quantitative estimate of drug-likeness (QED) is 0.339. The molecule has 1 aromatic heterocycles. The maximum atomic E-state index is 12.9. The molecular weight excluding hydrogens is 438 g/mol. The standard InChI is InChI=1S/C29H31N3O3/c33-28(17-24-18-31-27-8-4-3-7-26(24)27)32-19-25(35-29(34)22-11-13-30-14-12-22)16-20-9-10-21-5-1-2-6-23(21)15-20/h1-10,15,18,22,25,30-31H,11-14,16-17,19H2,(H,32,33)/t25-/m1/s1. The van der Waals surface area contributed by atoms with Gasteiger partial charge in [-0.05, 0) is 53.9 Å². The first-order chi connectivity index (χ1) is 17.2. The van der Waals surface area contributed by atoms with Crippen LogP contribution in [0.5, 0.6) is 0 Å². The van der Waals surface area contributed by atoms with Crippen LogP contribution in [0, 0.1) is 5.92 Å². The highest BCUT2D eigenvalue weighted by molar-refractivity contribution is 5.89. The molecule has 5 rings (SSSR count). The number of nitrogens with one attached hydrogen (secondary N) is 3. The van der Waals surface area contributed by atoms with Crippen molar-refractivity contribution in [2.24, 2.45) is 5.92 Å². The van der Waals surface area contributed by atoms with Crippen LogP contribution in [-0.2, 0) is 27.2 Å². The summed E-state index contributed by atoms with van der Waals surface area (Å²) in [6, 6.07) is 22.4. The van der Waals surface area contributed by atoms with E-state index in [0.29, 0.717) is 6.42 Å². The molecule has 4 aromatic rings. The zero-order chi connectivity index (χ0) is 24.0. The Bertz CT molecular complexity index is 1320. The van der Waals surface area contributed by atoms with Gasteiger partial charge in [0.15, 0.2) is 0 Å². The molecule has 3 aromatic carbocycles. The first-order valence-electron chi connectivity index (χ1n) is 12.4. The van der Waals surface area contributed by atoms with Gasteiger partial charge in [0, 0.05) is 23.5 Å². The minimum absolute atomic E-state index is 0.0859. The fourth-order valence-corrected chi connectivity index (χ4v) is 4.84. The van der Waals surface area contributed by atoms with Crippen LogP contribution in [-0.4, -0.2) is 42.6 Å². The van der Waals surface area contributed by atoms with E-state index in [2.05, 4.69) is 45.9 Å². The van der Waals surface area contributed by atoms with E-state index < -0.39 is 6.10 Å². The largest absolute Gasteiger partial charge is 0.460 e. The van der Waals surface area contributed by atoms with Gasteiger partial charge in [0.1, 0.15) is 6.10 Å². The van der Waals surface area contributed by atoms with E-state index in [4.69, 9.17) is 4.74 Å². The predicted octanol–water partition coefficient (Wildman–Crippen LogP) is 4.13. The molecule has 1 amide bonds. The van der Waals surface area contributed by atoms with Gasteiger partial charge in [-0.25, -0.2) is 0 Å². The SMILES string of the molecule is O=C(Cc1c[nH]c2ccccc12)NC[C@@H](Cc1ccc2ccccc2c1)OC(=O)C1CCNCC1. The molecule has 35 heavy (non-hydrogen) atoms. The molecule has 0 spiro atoms. The molecule has 3 N–H and O–H groups in total. The second kappa shape index (κ2) is 10.7. The number of aromatic nitrogens is 1. The molecular formula is C29H31N3O3. The minimum atomic E-state index is -0.425. The number of H-pyrrole nitrogens is 1. The van der Waals surface area contributed by atoms with Gasteiger partial charge in [0.05, 0.1) is 18.9 Å². The van der Waals surface area contributed by atoms with Crippen molar-refractivity contribution in [1.82, 2.24) is 15.6 Å². The Hall–Kier alpha value is -3.64. The lowest BCUT2D eigenvalue weighted by atomic mass is 9.98. The Labute approximate surface area is 205 Å². The molecule has 6 nitrogen and oxygen atoms in total. The second-order valence-electron chi connectivity index (χ2n) is 9.31. The number of fused-ring (bicyclic) bond motifs is 2. The van der Waals surface area contributed by atoms with Crippen molar-refractivity contribution in [3.05, 3.63) is 84.1 Å². The molecule has 1 aliphatic rings. The van der Waals surface area contributed by atoms with E-state index in [0.717, 1.165) is 53.3 Å². The van der Waals surface area contributed by atoms with Crippen LogP contribution < -0.4 is 10.6 Å². The number of carbonyl (C=O) groups is 2. The number of rotatable bonds is 8. The molecule has 180 valence electrons. The average molecular weight is 470 g/mol. The van der Waals surface area contributed by atoms with Crippen LogP contribution in [0.1, 0.15) is 24.0 Å². The number of piperidine rings is 1. The smallest absolute Gasteiger partial charge is 0.309 e. The van der Waals surface area contributed by atoms with Crippen LogP contribution in [0.15, 0.2) is 72.9 Å². The number of benzene rings is 3. The number of amides is 1. The number of aromatic amines is 1. The maximum Gasteiger partial charge on any atom is 0.309 e. The normalized spacial score (nSPS) is 15.2. The molecule has 1 saturated heterocycles. The van der Waals surface area contributed by atoms with E-state index in [1.54, 1.807) is 0 Å². The monoisotopic (exact) mass is 469 g/mol. The highest BCUT2D eigenvalue weighted by Crippen LogP contribution is 2.20. The molecule has 0 radical (unpaired) electrons. The van der Waals surface area contributed by atoms with Crippen LogP contribution in [0.25, 0.3) is 21.7 Å². The zero-order valence-corrected chi connectivity index (χ0v) is 19.8. The van der Waals surface area contributed by atoms with Gasteiger partial charge in [0.25, 0.3) is 0 Å². The molecule has 1 fully saturated rings. The van der Waals surface area contributed by atoms with Gasteiger partial charge in [-0.3, -0.25) is 9.59 Å². The van der Waals surface area contributed by atoms with E-state index in [-0.39, 0.29) is 30.8 Å². The predicted molar refractivity (Wildman–Crippen MR) is 138 cm³/mol. The highest BCUT2D eigenvalue weighted by Gasteiger charge is 2.26. The molecule has 1 atom stereocenters. The molecule has 0 bridgehead atoms. The first-order valence-corrected chi connectivity index (χ1v) is 12.4. The molecule has 2 heterocycles. The zero-order valence-electron chi connectivity index (χ0n) is 19.8. The Kier molecular flexibility index (Phi) is 7.09. The third-order valence-corrected chi connectivity index (χ3v) is 6.79. The Morgan fingerprint density at radius 3 is 2.60 bits per heavy atom. The number of para-hydroxylation sites is 1. The van der Waals surface area contributed by atoms with Crippen LogP contribution in [0.2, 0.25) is 0 Å². The van der Waals surface area contributed by atoms with E-state index in [9.17, 15) is 9.59 Å². The van der Waals surface area contributed by atoms with E-state index >= 15 is 0 Å². The number of carbonyl (C=O) groups excluding carboxylic acids is 2. The number of ether oxygens (including phenoxy) is 1. The van der Waals surface area contributed by atoms with Crippen molar-refractivity contribution >= 4 is 33.6 Å². The van der Waals surface area contributed by atoms with Crippen molar-refractivity contribution in [3.63, 3.8) is 0 Å². The maximum absolute atomic E-state index is 12.9. The Morgan fingerprint density at radius 2 is 1.74 bits per heavy atom. The van der Waals surface area contributed by atoms with Gasteiger partial charge < -0.3 is 20.4 Å². The number of hydrogen-bond donors (Lipinski definition) is 3. The van der Waals surface area contributed by atoms with Crippen molar-refractivity contribution < 1.29 is 14.3 Å². The van der Waals surface area contributed by atoms with Gasteiger partial charge in [-0.2, -0.15) is 0 Å². The molecule has 1 aliphatic heterocycles. The second-order valence-corrected chi connectivity index (χ2v) is 9.31. The lowest BCUT2D eigenvalue weighted by Gasteiger charge is -2.25. The third-order valence-electron chi connectivity index (χ3n) is 6.79. The summed E-state index contributed by atoms with van der Waals surface area (Å²) in [7, 11) is 0. The summed E-state index contributed by atoms with van der Waals surface area (Å²) in [5, 5.41) is 9.67. The molecule has 0 unspecified atom stereocenters. The van der Waals surface area contributed by atoms with Crippen molar-refractivity contribution in [2.45, 2.75) is 31.8 Å². The summed E-state index contributed by atoms with van der Waals surface area (Å²) < 4.78 is 5.97. The summed E-state index contributed by atoms with van der Waals surface area (Å²) in [4.78, 5) is 28.9. The lowest BCUT2D eigenvalue weighted by Crippen LogP contribution is -2.39. The number of esters is 1. The summed E-state index contributed by atoms with van der Waals surface area (Å²) in [5.41, 5.74) is 3.05. The third kappa shape index (κ3) is 5.72. The lowest BCUT2D eigenvalue weighted by molar-refractivity contribution is -0.155. The first kappa shape index (κ1) is 23.1. The Balaban J connectivity index is 1.26. The van der Waals surface area contributed by atoms with Crippen LogP contribution in [0.3, 0.4) is 0 Å². The van der Waals surface area contributed by atoms with Crippen LogP contribution >= 0.6 is 0 Å². The molecule has 0 aliphatic carbocycles. The summed E-state index contributed by atoms with van der Waals surface area (Å²) in [6.45, 7) is 1.94. The molecule has 6 heteroatoms. The van der Waals surface area contributed by atoms with Crippen molar-refractivity contribution in [1.29, 1.82) is 0 Å². The summed E-state index contributed by atoms with van der Waals surface area (Å²) in [5.74, 6) is -0.336. The van der Waals surface area contributed by atoms with Crippen molar-refractivity contribution in [3.8, 4) is 0 Å².